The highest BCUT2D eigenvalue weighted by Crippen LogP contribution is 2.27. The number of aryl methyl sites for hydroxylation is 3. The molecular weight excluding hydrogens is 377 g/mol. The Bertz CT molecular complexity index is 811. The van der Waals surface area contributed by atoms with E-state index in [-0.39, 0.29) is 5.75 Å². The van der Waals surface area contributed by atoms with Gasteiger partial charge in [0.15, 0.2) is 0 Å². The standard InChI is InChI=1S/C20H23F3O3S/c1-2-3-4-5-16-6-8-17(9-7-16)10-11-18-12-14-19(15-13-18)26-27(24,25)20(21,22)23/h6-9,12-15H,2-5,10-11H2,1H3. The summed E-state index contributed by atoms with van der Waals surface area (Å²) in [5.74, 6) is -0.354. The minimum atomic E-state index is -5.63. The van der Waals surface area contributed by atoms with Gasteiger partial charge in [-0.05, 0) is 54.5 Å². The minimum absolute atomic E-state index is 0.354. The summed E-state index contributed by atoms with van der Waals surface area (Å²) in [6.07, 6.45) is 6.18. The van der Waals surface area contributed by atoms with Crippen LogP contribution in [0.15, 0.2) is 48.5 Å². The zero-order valence-corrected chi connectivity index (χ0v) is 15.9. The number of benzene rings is 2. The number of halogens is 3. The Morgan fingerprint density at radius 2 is 1.22 bits per heavy atom. The first-order valence-corrected chi connectivity index (χ1v) is 10.3. The van der Waals surface area contributed by atoms with Crippen LogP contribution in [0, 0.1) is 0 Å². The lowest BCUT2D eigenvalue weighted by Gasteiger charge is -2.10. The van der Waals surface area contributed by atoms with Crippen LogP contribution in [-0.2, 0) is 29.4 Å². The molecule has 3 nitrogen and oxygen atoms in total. The van der Waals surface area contributed by atoms with Crippen molar-refractivity contribution in [3.8, 4) is 5.75 Å². The molecule has 0 N–H and O–H groups in total. The topological polar surface area (TPSA) is 43.4 Å². The van der Waals surface area contributed by atoms with E-state index in [9.17, 15) is 21.6 Å². The third-order valence-corrected chi connectivity index (χ3v) is 5.19. The zero-order chi connectivity index (χ0) is 19.9. The first kappa shape index (κ1) is 21.3. The largest absolute Gasteiger partial charge is 0.534 e. The first-order valence-electron chi connectivity index (χ1n) is 8.89. The molecule has 0 bridgehead atoms. The molecule has 0 unspecified atom stereocenters. The molecule has 0 saturated carbocycles. The van der Waals surface area contributed by atoms with Crippen LogP contribution in [0.2, 0.25) is 0 Å². The van der Waals surface area contributed by atoms with Gasteiger partial charge < -0.3 is 4.18 Å². The van der Waals surface area contributed by atoms with Gasteiger partial charge in [0.1, 0.15) is 5.75 Å². The molecule has 0 atom stereocenters. The molecule has 0 heterocycles. The molecular formula is C20H23F3O3S. The molecule has 7 heteroatoms. The van der Waals surface area contributed by atoms with E-state index in [0.717, 1.165) is 18.4 Å². The highest BCUT2D eigenvalue weighted by molar-refractivity contribution is 7.88. The van der Waals surface area contributed by atoms with Gasteiger partial charge in [0.25, 0.3) is 0 Å². The Labute approximate surface area is 158 Å². The fourth-order valence-electron chi connectivity index (χ4n) is 2.63. The molecule has 0 aliphatic rings. The molecule has 0 amide bonds. The van der Waals surface area contributed by atoms with Crippen molar-refractivity contribution in [2.45, 2.75) is 51.0 Å². The number of rotatable bonds is 9. The van der Waals surface area contributed by atoms with E-state index in [1.54, 1.807) is 12.1 Å². The quantitative estimate of drug-likeness (QED) is 0.320. The van der Waals surface area contributed by atoms with Crippen LogP contribution in [0.25, 0.3) is 0 Å². The lowest BCUT2D eigenvalue weighted by atomic mass is 10.0. The van der Waals surface area contributed by atoms with Crippen molar-refractivity contribution in [1.82, 2.24) is 0 Å². The maximum absolute atomic E-state index is 12.3. The second-order valence-corrected chi connectivity index (χ2v) is 7.94. The summed E-state index contributed by atoms with van der Waals surface area (Å²) in [6, 6.07) is 14.0. The highest BCUT2D eigenvalue weighted by Gasteiger charge is 2.48. The zero-order valence-electron chi connectivity index (χ0n) is 15.1. The second-order valence-electron chi connectivity index (χ2n) is 6.40. The van der Waals surface area contributed by atoms with Gasteiger partial charge in [-0.15, -0.1) is 0 Å². The monoisotopic (exact) mass is 400 g/mol. The lowest BCUT2D eigenvalue weighted by Crippen LogP contribution is -2.28. The van der Waals surface area contributed by atoms with Crippen LogP contribution in [0.1, 0.15) is 42.9 Å². The van der Waals surface area contributed by atoms with Gasteiger partial charge in [-0.25, -0.2) is 0 Å². The molecule has 2 aromatic carbocycles. The SMILES string of the molecule is CCCCCc1ccc(CCc2ccc(OS(=O)(=O)C(F)(F)F)cc2)cc1. The van der Waals surface area contributed by atoms with Gasteiger partial charge in [0, 0.05) is 0 Å². The van der Waals surface area contributed by atoms with Crippen molar-refractivity contribution in [3.63, 3.8) is 0 Å². The summed E-state index contributed by atoms with van der Waals surface area (Å²) in [6.45, 7) is 2.18. The Morgan fingerprint density at radius 1 is 0.778 bits per heavy atom. The molecule has 0 spiro atoms. The third-order valence-electron chi connectivity index (χ3n) is 4.21. The number of unbranched alkanes of at least 4 members (excludes halogenated alkanes) is 2. The number of hydrogen-bond acceptors (Lipinski definition) is 3. The van der Waals surface area contributed by atoms with E-state index in [4.69, 9.17) is 0 Å². The van der Waals surface area contributed by atoms with E-state index in [1.807, 2.05) is 0 Å². The second kappa shape index (κ2) is 9.26. The highest BCUT2D eigenvalue weighted by atomic mass is 32.2. The van der Waals surface area contributed by atoms with Gasteiger partial charge in [0.2, 0.25) is 0 Å². The molecule has 2 aromatic rings. The first-order chi connectivity index (χ1) is 12.7. The fraction of sp³-hybridized carbons (Fsp3) is 0.400. The molecule has 0 radical (unpaired) electrons. The summed E-state index contributed by atoms with van der Waals surface area (Å²) in [7, 11) is -5.63. The van der Waals surface area contributed by atoms with Crippen LogP contribution in [-0.4, -0.2) is 13.9 Å². The van der Waals surface area contributed by atoms with Gasteiger partial charge in [-0.2, -0.15) is 21.6 Å². The van der Waals surface area contributed by atoms with E-state index in [0.29, 0.717) is 6.42 Å². The molecule has 0 saturated heterocycles. The van der Waals surface area contributed by atoms with E-state index in [1.165, 1.54) is 42.5 Å². The van der Waals surface area contributed by atoms with Crippen molar-refractivity contribution in [1.29, 1.82) is 0 Å². The average Bonchev–Trinajstić information content (AvgIpc) is 2.61. The van der Waals surface area contributed by atoms with E-state index in [2.05, 4.69) is 35.4 Å². The summed E-state index contributed by atoms with van der Waals surface area (Å²) in [5.41, 5.74) is -2.05. The van der Waals surface area contributed by atoms with Crippen LogP contribution < -0.4 is 4.18 Å². The van der Waals surface area contributed by atoms with Gasteiger partial charge in [-0.1, -0.05) is 56.2 Å². The van der Waals surface area contributed by atoms with Crippen molar-refractivity contribution in [2.75, 3.05) is 0 Å². The summed E-state index contributed by atoms with van der Waals surface area (Å²) >= 11 is 0. The predicted octanol–water partition coefficient (Wildman–Crippen LogP) is 5.43. The predicted molar refractivity (Wildman–Crippen MR) is 99.1 cm³/mol. The molecule has 0 fully saturated rings. The lowest BCUT2D eigenvalue weighted by molar-refractivity contribution is -0.0500. The summed E-state index contributed by atoms with van der Waals surface area (Å²) in [4.78, 5) is 0. The van der Waals surface area contributed by atoms with Gasteiger partial charge in [0.05, 0.1) is 0 Å². The summed E-state index contributed by atoms with van der Waals surface area (Å²) < 4.78 is 63.0. The van der Waals surface area contributed by atoms with E-state index < -0.39 is 15.6 Å². The van der Waals surface area contributed by atoms with Gasteiger partial charge >= 0.3 is 15.6 Å². The van der Waals surface area contributed by atoms with Crippen molar-refractivity contribution in [2.24, 2.45) is 0 Å². The Morgan fingerprint density at radius 3 is 1.67 bits per heavy atom. The fourth-order valence-corrected chi connectivity index (χ4v) is 3.08. The van der Waals surface area contributed by atoms with E-state index >= 15 is 0 Å². The van der Waals surface area contributed by atoms with Crippen LogP contribution in [0.4, 0.5) is 13.2 Å². The molecule has 148 valence electrons. The number of alkyl halides is 3. The van der Waals surface area contributed by atoms with Crippen LogP contribution in [0.3, 0.4) is 0 Å². The molecule has 0 aromatic heterocycles. The Kier molecular flexibility index (Phi) is 7.30. The Hall–Kier alpha value is -2.02. The third kappa shape index (κ3) is 6.57. The van der Waals surface area contributed by atoms with Crippen molar-refractivity contribution < 1.29 is 25.8 Å². The minimum Gasteiger partial charge on any atom is -0.376 e. The average molecular weight is 400 g/mol. The molecule has 0 aliphatic carbocycles. The molecule has 0 aliphatic heterocycles. The smallest absolute Gasteiger partial charge is 0.376 e. The van der Waals surface area contributed by atoms with Gasteiger partial charge in [-0.3, -0.25) is 0 Å². The molecule has 27 heavy (non-hydrogen) atoms. The number of hydrogen-bond donors (Lipinski definition) is 0. The maximum atomic E-state index is 12.3. The Balaban J connectivity index is 1.88. The van der Waals surface area contributed by atoms with Crippen molar-refractivity contribution in [3.05, 3.63) is 65.2 Å². The van der Waals surface area contributed by atoms with Crippen LogP contribution >= 0.6 is 0 Å². The molecule has 2 rings (SSSR count). The normalized spacial score (nSPS) is 12.1. The summed E-state index contributed by atoms with van der Waals surface area (Å²) in [5, 5.41) is 0. The van der Waals surface area contributed by atoms with Crippen molar-refractivity contribution >= 4 is 10.1 Å². The van der Waals surface area contributed by atoms with Crippen LogP contribution in [0.5, 0.6) is 5.75 Å². The maximum Gasteiger partial charge on any atom is 0.534 e.